The molecule has 3 unspecified atom stereocenters. The lowest BCUT2D eigenvalue weighted by molar-refractivity contribution is -0.117. The van der Waals surface area contributed by atoms with E-state index in [1.165, 1.54) is 0 Å². The van der Waals surface area contributed by atoms with Gasteiger partial charge in [0.05, 0.1) is 11.5 Å². The molecule has 2 aromatic carbocycles. The fourth-order valence-corrected chi connectivity index (χ4v) is 5.89. The lowest BCUT2D eigenvalue weighted by Gasteiger charge is -2.30. The predicted molar refractivity (Wildman–Crippen MR) is 121 cm³/mol. The largest absolute Gasteiger partial charge is 0.494 e. The fraction of sp³-hybridized carbons (Fsp3) is 0.458. The summed E-state index contributed by atoms with van der Waals surface area (Å²) in [6.07, 6.45) is 2.78. The van der Waals surface area contributed by atoms with Gasteiger partial charge in [-0.1, -0.05) is 19.1 Å². The standard InChI is InChI=1S/C24H30N2O4S/c1-3-30-20-10-6-18(7-11-20)22-15-23(22)24(27)25-19-8-12-21(13-9-19)31(28,29)26-14-4-5-17(2)16-26/h6-13,17,22-23H,3-5,14-16H2,1-2H3,(H,25,27). The van der Waals surface area contributed by atoms with Gasteiger partial charge in [0.1, 0.15) is 5.75 Å². The fourth-order valence-electron chi connectivity index (χ4n) is 4.29. The van der Waals surface area contributed by atoms with Crippen molar-refractivity contribution in [3.63, 3.8) is 0 Å². The van der Waals surface area contributed by atoms with E-state index in [0.29, 0.717) is 31.3 Å². The molecule has 0 bridgehead atoms. The first-order chi connectivity index (χ1) is 14.9. The van der Waals surface area contributed by atoms with Crippen molar-refractivity contribution in [1.82, 2.24) is 4.31 Å². The van der Waals surface area contributed by atoms with Crippen LogP contribution in [0, 0.1) is 11.8 Å². The summed E-state index contributed by atoms with van der Waals surface area (Å²) in [5, 5.41) is 2.93. The van der Waals surface area contributed by atoms with Crippen LogP contribution in [-0.2, 0) is 14.8 Å². The van der Waals surface area contributed by atoms with E-state index in [9.17, 15) is 13.2 Å². The van der Waals surface area contributed by atoms with Gasteiger partial charge >= 0.3 is 0 Å². The molecule has 2 fully saturated rings. The monoisotopic (exact) mass is 442 g/mol. The molecular formula is C24H30N2O4S. The van der Waals surface area contributed by atoms with E-state index in [2.05, 4.69) is 12.2 Å². The van der Waals surface area contributed by atoms with E-state index in [1.807, 2.05) is 31.2 Å². The van der Waals surface area contributed by atoms with E-state index in [1.54, 1.807) is 28.6 Å². The molecule has 1 aliphatic heterocycles. The molecule has 4 rings (SSSR count). The molecule has 6 nitrogen and oxygen atoms in total. The molecule has 7 heteroatoms. The number of ether oxygens (including phenoxy) is 1. The number of sulfonamides is 1. The summed E-state index contributed by atoms with van der Waals surface area (Å²) in [6, 6.07) is 14.4. The highest BCUT2D eigenvalue weighted by Crippen LogP contribution is 2.48. The highest BCUT2D eigenvalue weighted by molar-refractivity contribution is 7.89. The van der Waals surface area contributed by atoms with Crippen LogP contribution < -0.4 is 10.1 Å². The zero-order valence-corrected chi connectivity index (χ0v) is 18.9. The molecule has 1 saturated carbocycles. The van der Waals surface area contributed by atoms with Crippen LogP contribution in [0.1, 0.15) is 44.6 Å². The van der Waals surface area contributed by atoms with Gasteiger partial charge in [-0.25, -0.2) is 8.42 Å². The van der Waals surface area contributed by atoms with Crippen LogP contribution in [0.15, 0.2) is 53.4 Å². The highest BCUT2D eigenvalue weighted by atomic mass is 32.2. The summed E-state index contributed by atoms with van der Waals surface area (Å²) in [6.45, 7) is 5.80. The second-order valence-corrected chi connectivity index (χ2v) is 10.5. The Balaban J connectivity index is 1.35. The van der Waals surface area contributed by atoms with E-state index in [-0.39, 0.29) is 22.6 Å². The van der Waals surface area contributed by atoms with Crippen LogP contribution in [0.25, 0.3) is 0 Å². The number of hydrogen-bond acceptors (Lipinski definition) is 4. The minimum atomic E-state index is -3.49. The maximum Gasteiger partial charge on any atom is 0.243 e. The molecule has 1 amide bonds. The highest BCUT2D eigenvalue weighted by Gasteiger charge is 2.44. The van der Waals surface area contributed by atoms with Gasteiger partial charge in [-0.05, 0) is 80.0 Å². The summed E-state index contributed by atoms with van der Waals surface area (Å²) in [7, 11) is -3.49. The summed E-state index contributed by atoms with van der Waals surface area (Å²) >= 11 is 0. The smallest absolute Gasteiger partial charge is 0.243 e. The Hall–Kier alpha value is -2.38. The number of carbonyl (C=O) groups is 1. The van der Waals surface area contributed by atoms with Crippen LogP contribution in [0.5, 0.6) is 5.75 Å². The Kier molecular flexibility index (Phi) is 6.34. The van der Waals surface area contributed by atoms with Crippen LogP contribution in [0.3, 0.4) is 0 Å². The van der Waals surface area contributed by atoms with Crippen molar-refractivity contribution >= 4 is 21.6 Å². The van der Waals surface area contributed by atoms with Crippen molar-refractivity contribution in [3.8, 4) is 5.75 Å². The molecule has 3 atom stereocenters. The summed E-state index contributed by atoms with van der Waals surface area (Å²) in [5.41, 5.74) is 1.76. The van der Waals surface area contributed by atoms with Gasteiger partial charge in [0.2, 0.25) is 15.9 Å². The maximum atomic E-state index is 12.9. The Morgan fingerprint density at radius 1 is 1.13 bits per heavy atom. The summed E-state index contributed by atoms with van der Waals surface area (Å²) in [4.78, 5) is 12.9. The number of anilines is 1. The van der Waals surface area contributed by atoms with Crippen molar-refractivity contribution in [3.05, 3.63) is 54.1 Å². The van der Waals surface area contributed by atoms with Crippen molar-refractivity contribution in [2.24, 2.45) is 11.8 Å². The first-order valence-electron chi connectivity index (χ1n) is 11.0. The maximum absolute atomic E-state index is 12.9. The molecule has 1 N–H and O–H groups in total. The van der Waals surface area contributed by atoms with Crippen molar-refractivity contribution in [1.29, 1.82) is 0 Å². The average molecular weight is 443 g/mol. The first kappa shape index (κ1) is 21.8. The van der Waals surface area contributed by atoms with Gasteiger partial charge < -0.3 is 10.1 Å². The SMILES string of the molecule is CCOc1ccc(C2CC2C(=O)Nc2ccc(S(=O)(=O)N3CCCC(C)C3)cc2)cc1. The van der Waals surface area contributed by atoms with E-state index in [0.717, 1.165) is 30.6 Å². The van der Waals surface area contributed by atoms with E-state index in [4.69, 9.17) is 4.74 Å². The molecular weight excluding hydrogens is 412 g/mol. The van der Waals surface area contributed by atoms with Crippen molar-refractivity contribution < 1.29 is 17.9 Å². The van der Waals surface area contributed by atoms with Crippen molar-refractivity contribution in [2.45, 2.75) is 43.9 Å². The van der Waals surface area contributed by atoms with Crippen LogP contribution >= 0.6 is 0 Å². The molecule has 166 valence electrons. The third-order valence-electron chi connectivity index (χ3n) is 6.13. The molecule has 0 spiro atoms. The van der Waals surface area contributed by atoms with E-state index >= 15 is 0 Å². The van der Waals surface area contributed by atoms with Gasteiger partial charge in [-0.3, -0.25) is 4.79 Å². The average Bonchev–Trinajstić information content (AvgIpc) is 3.56. The Bertz CT molecular complexity index is 1020. The molecule has 1 heterocycles. The van der Waals surface area contributed by atoms with Gasteiger partial charge in [0.15, 0.2) is 0 Å². The number of nitrogens with zero attached hydrogens (tertiary/aromatic N) is 1. The van der Waals surface area contributed by atoms with E-state index < -0.39 is 10.0 Å². The normalized spacial score (nSPS) is 23.9. The molecule has 1 saturated heterocycles. The summed E-state index contributed by atoms with van der Waals surface area (Å²) in [5.74, 6) is 1.35. The third-order valence-corrected chi connectivity index (χ3v) is 8.01. The second kappa shape index (κ2) is 9.01. The zero-order chi connectivity index (χ0) is 22.0. The number of piperidine rings is 1. The molecule has 0 radical (unpaired) electrons. The number of hydrogen-bond donors (Lipinski definition) is 1. The predicted octanol–water partition coefficient (Wildman–Crippen LogP) is 4.25. The number of amides is 1. The Labute approximate surface area is 184 Å². The lowest BCUT2D eigenvalue weighted by Crippen LogP contribution is -2.39. The number of benzene rings is 2. The van der Waals surface area contributed by atoms with Crippen LogP contribution in [0.2, 0.25) is 0 Å². The minimum Gasteiger partial charge on any atom is -0.494 e. The quantitative estimate of drug-likeness (QED) is 0.696. The third kappa shape index (κ3) is 4.93. The number of nitrogens with one attached hydrogen (secondary N) is 1. The Morgan fingerprint density at radius 2 is 1.84 bits per heavy atom. The molecule has 2 aromatic rings. The molecule has 0 aromatic heterocycles. The number of rotatable bonds is 7. The topological polar surface area (TPSA) is 75.7 Å². The minimum absolute atomic E-state index is 0.0284. The van der Waals surface area contributed by atoms with Gasteiger partial charge in [-0.2, -0.15) is 4.31 Å². The molecule has 2 aliphatic rings. The molecule has 31 heavy (non-hydrogen) atoms. The zero-order valence-electron chi connectivity index (χ0n) is 18.1. The van der Waals surface area contributed by atoms with Gasteiger partial charge in [-0.15, -0.1) is 0 Å². The lowest BCUT2D eigenvalue weighted by atomic mass is 10.0. The van der Waals surface area contributed by atoms with Crippen LogP contribution in [0.4, 0.5) is 5.69 Å². The van der Waals surface area contributed by atoms with Crippen molar-refractivity contribution in [2.75, 3.05) is 25.0 Å². The number of carbonyl (C=O) groups excluding carboxylic acids is 1. The van der Waals surface area contributed by atoms with Gasteiger partial charge in [0.25, 0.3) is 0 Å². The first-order valence-corrected chi connectivity index (χ1v) is 12.5. The van der Waals surface area contributed by atoms with Crippen LogP contribution in [-0.4, -0.2) is 38.3 Å². The molecule has 1 aliphatic carbocycles. The Morgan fingerprint density at radius 3 is 2.48 bits per heavy atom. The van der Waals surface area contributed by atoms with Gasteiger partial charge in [0, 0.05) is 24.7 Å². The summed E-state index contributed by atoms with van der Waals surface area (Å²) < 4.78 is 32.8. The second-order valence-electron chi connectivity index (χ2n) is 8.57.